The molecule has 1 aromatic heterocycles. The van der Waals surface area contributed by atoms with Crippen LogP contribution >= 0.6 is 0 Å². The predicted molar refractivity (Wildman–Crippen MR) is 92.2 cm³/mol. The Kier molecular flexibility index (Phi) is 4.96. The second-order valence-corrected chi connectivity index (χ2v) is 5.31. The predicted octanol–water partition coefficient (Wildman–Crippen LogP) is 2.75. The molecule has 0 aliphatic carbocycles. The lowest BCUT2D eigenvalue weighted by Gasteiger charge is -2.09. The van der Waals surface area contributed by atoms with E-state index in [1.807, 2.05) is 6.07 Å². The van der Waals surface area contributed by atoms with Crippen LogP contribution in [-0.4, -0.2) is 24.0 Å². The van der Waals surface area contributed by atoms with Gasteiger partial charge in [0.15, 0.2) is 0 Å². The Morgan fingerprint density at radius 3 is 2.70 bits per heavy atom. The van der Waals surface area contributed by atoms with Crippen molar-refractivity contribution < 1.29 is 4.79 Å². The van der Waals surface area contributed by atoms with Gasteiger partial charge in [0.25, 0.3) is 5.91 Å². The van der Waals surface area contributed by atoms with Crippen LogP contribution in [0.3, 0.4) is 0 Å². The van der Waals surface area contributed by atoms with Crippen LogP contribution in [0.25, 0.3) is 10.8 Å². The number of nitrogens with one attached hydrogen (secondary N) is 2. The minimum Gasteiger partial charge on any atom is -0.351 e. The van der Waals surface area contributed by atoms with E-state index in [9.17, 15) is 4.79 Å². The number of carbonyl (C=O) groups is 1. The van der Waals surface area contributed by atoms with Crippen molar-refractivity contribution in [2.24, 2.45) is 0 Å². The summed E-state index contributed by atoms with van der Waals surface area (Å²) in [7, 11) is 0. The highest BCUT2D eigenvalue weighted by atomic mass is 16.1. The van der Waals surface area contributed by atoms with Crippen molar-refractivity contribution in [3.8, 4) is 0 Å². The van der Waals surface area contributed by atoms with Gasteiger partial charge in [-0.05, 0) is 28.5 Å². The van der Waals surface area contributed by atoms with E-state index in [-0.39, 0.29) is 5.91 Å². The van der Waals surface area contributed by atoms with Crippen LogP contribution in [0.2, 0.25) is 0 Å². The van der Waals surface area contributed by atoms with Gasteiger partial charge in [-0.15, -0.1) is 0 Å². The van der Waals surface area contributed by atoms with E-state index >= 15 is 0 Å². The Bertz CT molecular complexity index is 781. The summed E-state index contributed by atoms with van der Waals surface area (Å²) in [5.74, 6) is -0.0925. The molecule has 0 spiro atoms. The number of amides is 1. The monoisotopic (exact) mass is 305 g/mol. The molecule has 0 aliphatic heterocycles. The van der Waals surface area contributed by atoms with Crippen LogP contribution in [0.1, 0.15) is 15.9 Å². The molecule has 2 aromatic carbocycles. The smallest absolute Gasteiger partial charge is 0.252 e. The first-order chi connectivity index (χ1) is 11.3. The molecule has 116 valence electrons. The van der Waals surface area contributed by atoms with E-state index in [0.717, 1.165) is 13.1 Å². The van der Waals surface area contributed by atoms with Crippen LogP contribution in [0.5, 0.6) is 0 Å². The molecule has 1 heterocycles. The van der Waals surface area contributed by atoms with E-state index in [4.69, 9.17) is 0 Å². The molecule has 0 saturated heterocycles. The second-order valence-electron chi connectivity index (χ2n) is 5.31. The SMILES string of the molecule is O=C(NCCNCc1cccc2ccccc12)c1cccnc1. The summed E-state index contributed by atoms with van der Waals surface area (Å²) in [6, 6.07) is 18.2. The van der Waals surface area contributed by atoms with Crippen molar-refractivity contribution >= 4 is 16.7 Å². The number of hydrogen-bond donors (Lipinski definition) is 2. The molecule has 4 nitrogen and oxygen atoms in total. The first kappa shape index (κ1) is 15.2. The van der Waals surface area contributed by atoms with Gasteiger partial charge in [-0.2, -0.15) is 0 Å². The number of aromatic nitrogens is 1. The van der Waals surface area contributed by atoms with Crippen molar-refractivity contribution in [2.45, 2.75) is 6.54 Å². The molecule has 0 bridgehead atoms. The quantitative estimate of drug-likeness (QED) is 0.689. The van der Waals surface area contributed by atoms with Gasteiger partial charge in [0.05, 0.1) is 5.56 Å². The molecule has 0 aliphatic rings. The summed E-state index contributed by atoms with van der Waals surface area (Å²) in [5, 5.41) is 8.76. The van der Waals surface area contributed by atoms with Crippen LogP contribution in [-0.2, 0) is 6.54 Å². The third-order valence-electron chi connectivity index (χ3n) is 3.71. The minimum absolute atomic E-state index is 0.0925. The lowest BCUT2D eigenvalue weighted by molar-refractivity contribution is 0.0953. The van der Waals surface area contributed by atoms with Gasteiger partial charge in [-0.25, -0.2) is 0 Å². The third kappa shape index (κ3) is 3.93. The van der Waals surface area contributed by atoms with E-state index in [1.165, 1.54) is 16.3 Å². The number of rotatable bonds is 6. The molecule has 0 fully saturated rings. The molecule has 0 radical (unpaired) electrons. The Morgan fingerprint density at radius 1 is 0.957 bits per heavy atom. The summed E-state index contributed by atoms with van der Waals surface area (Å²) in [6.07, 6.45) is 3.22. The highest BCUT2D eigenvalue weighted by Gasteiger charge is 2.04. The zero-order valence-corrected chi connectivity index (χ0v) is 12.8. The Labute approximate surface area is 135 Å². The number of fused-ring (bicyclic) bond motifs is 1. The summed E-state index contributed by atoms with van der Waals surface area (Å²) in [5.41, 5.74) is 1.85. The first-order valence-electron chi connectivity index (χ1n) is 7.70. The highest BCUT2D eigenvalue weighted by molar-refractivity contribution is 5.93. The van der Waals surface area contributed by atoms with Crippen LogP contribution in [0, 0.1) is 0 Å². The molecule has 3 aromatic rings. The summed E-state index contributed by atoms with van der Waals surface area (Å²) in [4.78, 5) is 15.8. The average Bonchev–Trinajstić information content (AvgIpc) is 2.62. The number of hydrogen-bond acceptors (Lipinski definition) is 3. The van der Waals surface area contributed by atoms with Crippen LogP contribution < -0.4 is 10.6 Å². The average molecular weight is 305 g/mol. The molecular weight excluding hydrogens is 286 g/mol. The van der Waals surface area contributed by atoms with Gasteiger partial charge in [-0.1, -0.05) is 42.5 Å². The molecule has 0 saturated carbocycles. The molecule has 0 unspecified atom stereocenters. The van der Waals surface area contributed by atoms with Crippen LogP contribution in [0.15, 0.2) is 67.0 Å². The van der Waals surface area contributed by atoms with Gasteiger partial charge < -0.3 is 10.6 Å². The molecular formula is C19H19N3O. The van der Waals surface area contributed by atoms with E-state index in [1.54, 1.807) is 24.5 Å². The Morgan fingerprint density at radius 2 is 1.83 bits per heavy atom. The Hall–Kier alpha value is -2.72. The number of nitrogens with zero attached hydrogens (tertiary/aromatic N) is 1. The maximum Gasteiger partial charge on any atom is 0.252 e. The van der Waals surface area contributed by atoms with Gasteiger partial charge >= 0.3 is 0 Å². The zero-order chi connectivity index (χ0) is 15.9. The third-order valence-corrected chi connectivity index (χ3v) is 3.71. The maximum absolute atomic E-state index is 11.9. The van der Waals surface area contributed by atoms with Crippen molar-refractivity contribution in [3.05, 3.63) is 78.1 Å². The lowest BCUT2D eigenvalue weighted by Crippen LogP contribution is -2.31. The van der Waals surface area contributed by atoms with Gasteiger partial charge in [0.2, 0.25) is 0 Å². The molecule has 2 N–H and O–H groups in total. The van der Waals surface area contributed by atoms with Crippen molar-refractivity contribution in [3.63, 3.8) is 0 Å². The standard InChI is InChI=1S/C19H19N3O/c23-19(17-8-4-10-20-14-17)22-12-11-21-13-16-7-3-6-15-5-1-2-9-18(15)16/h1-10,14,21H,11-13H2,(H,22,23). The fraction of sp³-hybridized carbons (Fsp3) is 0.158. The summed E-state index contributed by atoms with van der Waals surface area (Å²) >= 11 is 0. The summed E-state index contributed by atoms with van der Waals surface area (Å²) in [6.45, 7) is 2.08. The van der Waals surface area contributed by atoms with E-state index < -0.39 is 0 Å². The topological polar surface area (TPSA) is 54.0 Å². The van der Waals surface area contributed by atoms with Gasteiger partial charge in [0, 0.05) is 32.0 Å². The first-order valence-corrected chi connectivity index (χ1v) is 7.70. The lowest BCUT2D eigenvalue weighted by atomic mass is 10.0. The largest absolute Gasteiger partial charge is 0.351 e. The second kappa shape index (κ2) is 7.51. The van der Waals surface area contributed by atoms with E-state index in [2.05, 4.69) is 52.0 Å². The number of carbonyl (C=O) groups excluding carboxylic acids is 1. The molecule has 3 rings (SSSR count). The zero-order valence-electron chi connectivity index (χ0n) is 12.8. The van der Waals surface area contributed by atoms with Crippen molar-refractivity contribution in [1.82, 2.24) is 15.6 Å². The Balaban J connectivity index is 1.47. The van der Waals surface area contributed by atoms with E-state index in [0.29, 0.717) is 12.1 Å². The van der Waals surface area contributed by atoms with Crippen LogP contribution in [0.4, 0.5) is 0 Å². The molecule has 4 heteroatoms. The van der Waals surface area contributed by atoms with Gasteiger partial charge in [0.1, 0.15) is 0 Å². The minimum atomic E-state index is -0.0925. The number of pyridine rings is 1. The van der Waals surface area contributed by atoms with Gasteiger partial charge in [-0.3, -0.25) is 9.78 Å². The number of benzene rings is 2. The summed E-state index contributed by atoms with van der Waals surface area (Å²) < 4.78 is 0. The van der Waals surface area contributed by atoms with Crippen molar-refractivity contribution in [1.29, 1.82) is 0 Å². The fourth-order valence-electron chi connectivity index (χ4n) is 2.53. The fourth-order valence-corrected chi connectivity index (χ4v) is 2.53. The highest BCUT2D eigenvalue weighted by Crippen LogP contribution is 2.17. The molecule has 0 atom stereocenters. The maximum atomic E-state index is 11.9. The normalized spacial score (nSPS) is 10.6. The molecule has 1 amide bonds. The molecule has 23 heavy (non-hydrogen) atoms. The van der Waals surface area contributed by atoms with Crippen molar-refractivity contribution in [2.75, 3.05) is 13.1 Å².